The summed E-state index contributed by atoms with van der Waals surface area (Å²) in [5.41, 5.74) is 0.376. The van der Waals surface area contributed by atoms with Crippen LogP contribution in [0, 0.1) is 35.0 Å². The van der Waals surface area contributed by atoms with E-state index in [1.807, 2.05) is 0 Å². The Labute approximate surface area is 132 Å². The highest BCUT2D eigenvalue weighted by molar-refractivity contribution is 5.05. The molecular formula is C20H36O. The van der Waals surface area contributed by atoms with Crippen LogP contribution < -0.4 is 0 Å². The van der Waals surface area contributed by atoms with Gasteiger partial charge < -0.3 is 5.11 Å². The number of fused-ring (bicyclic) bond motifs is 1. The van der Waals surface area contributed by atoms with Gasteiger partial charge in [0.1, 0.15) is 0 Å². The third-order valence-corrected chi connectivity index (χ3v) is 6.79. The van der Waals surface area contributed by atoms with Crippen molar-refractivity contribution in [2.45, 2.75) is 79.2 Å². The molecule has 0 aromatic rings. The molecule has 0 radical (unpaired) electrons. The summed E-state index contributed by atoms with van der Waals surface area (Å²) in [6.45, 7) is 11.8. The van der Waals surface area contributed by atoms with Gasteiger partial charge in [-0.15, -0.1) is 0 Å². The molecule has 2 fully saturated rings. The second-order valence-electron chi connectivity index (χ2n) is 8.32. The van der Waals surface area contributed by atoms with Crippen LogP contribution in [-0.4, -0.2) is 11.2 Å². The lowest BCUT2D eigenvalue weighted by molar-refractivity contribution is -0.0231. The first-order valence-electron chi connectivity index (χ1n) is 9.26. The first-order chi connectivity index (χ1) is 9.90. The molecular weight excluding hydrogens is 256 g/mol. The van der Waals surface area contributed by atoms with Crippen molar-refractivity contribution < 1.29 is 5.11 Å². The second kappa shape index (κ2) is 6.86. The maximum Gasteiger partial charge on any atom is 0.0573 e. The predicted octanol–water partition coefficient (Wildman–Crippen LogP) is 5.44. The fourth-order valence-electron chi connectivity index (χ4n) is 5.33. The molecule has 0 aliphatic heterocycles. The maximum atomic E-state index is 10.4. The lowest BCUT2D eigenvalue weighted by Gasteiger charge is -2.44. The molecule has 2 aliphatic rings. The van der Waals surface area contributed by atoms with E-state index >= 15 is 0 Å². The Morgan fingerprint density at radius 2 is 1.86 bits per heavy atom. The van der Waals surface area contributed by atoms with Crippen LogP contribution in [0.25, 0.3) is 0 Å². The number of aliphatic hydroxyl groups is 1. The Kier molecular flexibility index (Phi) is 5.57. The van der Waals surface area contributed by atoms with Gasteiger partial charge in [0.15, 0.2) is 0 Å². The lowest BCUT2D eigenvalue weighted by Crippen LogP contribution is -2.41. The number of hydrogen-bond donors (Lipinski definition) is 1. The first kappa shape index (κ1) is 17.1. The fraction of sp³-hybridized carbons (Fsp3) is 0.900. The fourth-order valence-corrected chi connectivity index (χ4v) is 5.33. The highest BCUT2D eigenvalue weighted by atomic mass is 16.3. The van der Waals surface area contributed by atoms with Gasteiger partial charge in [-0.2, -0.15) is 0 Å². The van der Waals surface area contributed by atoms with Crippen LogP contribution in [0.15, 0.2) is 12.2 Å². The summed E-state index contributed by atoms with van der Waals surface area (Å²) in [6, 6.07) is 0. The number of hydrogen-bond acceptors (Lipinski definition) is 1. The number of aliphatic hydroxyl groups excluding tert-OH is 1. The van der Waals surface area contributed by atoms with E-state index in [1.54, 1.807) is 0 Å². The van der Waals surface area contributed by atoms with Crippen LogP contribution in [0.1, 0.15) is 73.1 Å². The molecule has 1 nitrogen and oxygen atoms in total. The molecule has 2 aliphatic carbocycles. The van der Waals surface area contributed by atoms with Crippen LogP contribution in [0.5, 0.6) is 0 Å². The Morgan fingerprint density at radius 3 is 2.48 bits per heavy atom. The molecule has 2 saturated carbocycles. The van der Waals surface area contributed by atoms with E-state index < -0.39 is 0 Å². The quantitative estimate of drug-likeness (QED) is 0.669. The smallest absolute Gasteiger partial charge is 0.0573 e. The molecule has 0 unspecified atom stereocenters. The first-order valence-corrected chi connectivity index (χ1v) is 9.26. The van der Waals surface area contributed by atoms with Gasteiger partial charge in [-0.05, 0) is 67.1 Å². The minimum Gasteiger partial charge on any atom is -0.393 e. The van der Waals surface area contributed by atoms with Crippen LogP contribution >= 0.6 is 0 Å². The van der Waals surface area contributed by atoms with Crippen molar-refractivity contribution in [2.24, 2.45) is 35.0 Å². The SMILES string of the molecule is CC[C@H](/C=C/[C@@H](C)[C@H]1CC[C@H]2[C@@H](O)CCC[C@]12C)C(C)C. The molecule has 1 heteroatoms. The Morgan fingerprint density at radius 1 is 1.14 bits per heavy atom. The molecule has 21 heavy (non-hydrogen) atoms. The number of allylic oxidation sites excluding steroid dienone is 2. The van der Waals surface area contributed by atoms with Crippen molar-refractivity contribution in [3.05, 3.63) is 12.2 Å². The molecule has 0 amide bonds. The average Bonchev–Trinajstić information content (AvgIpc) is 2.77. The molecule has 0 aromatic carbocycles. The lowest BCUT2D eigenvalue weighted by atomic mass is 9.62. The molecule has 6 atom stereocenters. The third-order valence-electron chi connectivity index (χ3n) is 6.79. The minimum atomic E-state index is -0.0380. The van der Waals surface area contributed by atoms with E-state index in [0.29, 0.717) is 17.3 Å². The zero-order valence-electron chi connectivity index (χ0n) is 14.8. The summed E-state index contributed by atoms with van der Waals surface area (Å²) in [4.78, 5) is 0. The second-order valence-corrected chi connectivity index (χ2v) is 8.32. The standard InChI is InChI=1S/C20H36O/c1-6-16(14(2)3)10-9-15(4)17-11-12-18-19(21)8-7-13-20(17,18)5/h9-10,14-19,21H,6-8,11-13H2,1-5H3/b10-9+/t15-,16-,17-,18+,19+,20-/m1/s1. The van der Waals surface area contributed by atoms with Crippen molar-refractivity contribution in [1.29, 1.82) is 0 Å². The van der Waals surface area contributed by atoms with Crippen molar-refractivity contribution in [1.82, 2.24) is 0 Å². The topological polar surface area (TPSA) is 20.2 Å². The number of rotatable bonds is 5. The molecule has 2 rings (SSSR count). The molecule has 1 N–H and O–H groups in total. The largest absolute Gasteiger partial charge is 0.393 e. The van der Waals surface area contributed by atoms with E-state index in [9.17, 15) is 5.11 Å². The molecule has 122 valence electrons. The summed E-state index contributed by atoms with van der Waals surface area (Å²) in [7, 11) is 0. The summed E-state index contributed by atoms with van der Waals surface area (Å²) in [5.74, 6) is 3.42. The van der Waals surface area contributed by atoms with Gasteiger partial charge in [0.2, 0.25) is 0 Å². The van der Waals surface area contributed by atoms with Gasteiger partial charge in [-0.3, -0.25) is 0 Å². The van der Waals surface area contributed by atoms with E-state index in [0.717, 1.165) is 24.2 Å². The van der Waals surface area contributed by atoms with Crippen LogP contribution in [0.3, 0.4) is 0 Å². The van der Waals surface area contributed by atoms with E-state index in [-0.39, 0.29) is 6.10 Å². The average molecular weight is 293 g/mol. The van der Waals surface area contributed by atoms with Crippen LogP contribution in [-0.2, 0) is 0 Å². The van der Waals surface area contributed by atoms with E-state index in [1.165, 1.54) is 32.1 Å². The van der Waals surface area contributed by atoms with Crippen LogP contribution in [0.2, 0.25) is 0 Å². The van der Waals surface area contributed by atoms with Gasteiger partial charge >= 0.3 is 0 Å². The molecule has 0 saturated heterocycles. The van der Waals surface area contributed by atoms with Crippen molar-refractivity contribution in [3.63, 3.8) is 0 Å². The summed E-state index contributed by atoms with van der Waals surface area (Å²) >= 11 is 0. The zero-order chi connectivity index (χ0) is 15.6. The van der Waals surface area contributed by atoms with E-state index in [4.69, 9.17) is 0 Å². The van der Waals surface area contributed by atoms with Crippen LogP contribution in [0.4, 0.5) is 0 Å². The summed E-state index contributed by atoms with van der Waals surface area (Å²) in [6.07, 6.45) is 12.3. The Balaban J connectivity index is 2.06. The van der Waals surface area contributed by atoms with Gasteiger partial charge in [0.25, 0.3) is 0 Å². The molecule has 0 aromatic heterocycles. The minimum absolute atomic E-state index is 0.0380. The Hall–Kier alpha value is -0.300. The third kappa shape index (κ3) is 3.38. The monoisotopic (exact) mass is 292 g/mol. The predicted molar refractivity (Wildman–Crippen MR) is 91.1 cm³/mol. The van der Waals surface area contributed by atoms with Gasteiger partial charge in [-0.25, -0.2) is 0 Å². The van der Waals surface area contributed by atoms with Crippen molar-refractivity contribution >= 4 is 0 Å². The Bertz CT molecular complexity index is 359. The normalized spacial score (nSPS) is 39.7. The van der Waals surface area contributed by atoms with Crippen molar-refractivity contribution in [3.8, 4) is 0 Å². The summed E-state index contributed by atoms with van der Waals surface area (Å²) in [5, 5.41) is 10.4. The highest BCUT2D eigenvalue weighted by Gasteiger charge is 2.51. The van der Waals surface area contributed by atoms with E-state index in [2.05, 4.69) is 46.8 Å². The van der Waals surface area contributed by atoms with Gasteiger partial charge in [0.05, 0.1) is 6.10 Å². The molecule has 0 bridgehead atoms. The molecule has 0 spiro atoms. The summed E-state index contributed by atoms with van der Waals surface area (Å²) < 4.78 is 0. The van der Waals surface area contributed by atoms with Crippen molar-refractivity contribution in [2.75, 3.05) is 0 Å². The zero-order valence-corrected chi connectivity index (χ0v) is 14.8. The highest BCUT2D eigenvalue weighted by Crippen LogP contribution is 2.57. The molecule has 0 heterocycles. The maximum absolute atomic E-state index is 10.4. The van der Waals surface area contributed by atoms with Gasteiger partial charge in [-0.1, -0.05) is 53.2 Å². The van der Waals surface area contributed by atoms with Gasteiger partial charge in [0, 0.05) is 0 Å².